The van der Waals surface area contributed by atoms with Gasteiger partial charge in [0.1, 0.15) is 12.4 Å². The fourth-order valence-corrected chi connectivity index (χ4v) is 2.11. The summed E-state index contributed by atoms with van der Waals surface area (Å²) in [6, 6.07) is 10.9. The minimum absolute atomic E-state index is 0.168. The first kappa shape index (κ1) is 14.8. The Morgan fingerprint density at radius 1 is 1.10 bits per heavy atom. The minimum Gasteiger partial charge on any atom is -0.489 e. The predicted molar refractivity (Wildman–Crippen MR) is 75.7 cm³/mol. The van der Waals surface area contributed by atoms with Gasteiger partial charge in [-0.1, -0.05) is 35.4 Å². The second kappa shape index (κ2) is 5.79. The third kappa shape index (κ3) is 3.70. The monoisotopic (exact) mass is 299 g/mol. The van der Waals surface area contributed by atoms with E-state index in [-0.39, 0.29) is 12.2 Å². The number of ether oxygens (including phenoxy) is 1. The molecule has 0 aliphatic carbocycles. The summed E-state index contributed by atoms with van der Waals surface area (Å²) in [7, 11) is 0. The van der Waals surface area contributed by atoms with Gasteiger partial charge < -0.3 is 17.7 Å². The van der Waals surface area contributed by atoms with E-state index in [0.717, 1.165) is 11.6 Å². The molecule has 0 spiro atoms. The molecular weight excluding hydrogens is 287 g/mol. The maximum Gasteiger partial charge on any atom is 0.509 e. The van der Waals surface area contributed by atoms with Crippen molar-refractivity contribution in [2.75, 3.05) is 0 Å². The summed E-state index contributed by atoms with van der Waals surface area (Å²) in [5.41, 5.74) is 0.445. The zero-order valence-corrected chi connectivity index (χ0v) is 11.5. The first-order valence-corrected chi connectivity index (χ1v) is 6.42. The first-order chi connectivity index (χ1) is 9.36. The van der Waals surface area contributed by atoms with Crippen LogP contribution in [0.25, 0.3) is 0 Å². The first-order valence-electron chi connectivity index (χ1n) is 6.04. The lowest BCUT2D eigenvalue weighted by Crippen LogP contribution is -2.35. The van der Waals surface area contributed by atoms with Crippen LogP contribution in [-0.4, -0.2) is 6.98 Å². The number of aryl methyl sites for hydroxylation is 1. The Morgan fingerprint density at radius 3 is 2.45 bits per heavy atom. The van der Waals surface area contributed by atoms with Crippen LogP contribution in [0.5, 0.6) is 5.75 Å². The lowest BCUT2D eigenvalue weighted by Gasteiger charge is -2.18. The van der Waals surface area contributed by atoms with Gasteiger partial charge in [-0.2, -0.15) is 0 Å². The molecule has 1 nitrogen and oxygen atoms in total. The van der Waals surface area contributed by atoms with E-state index in [4.69, 9.17) is 16.3 Å². The zero-order chi connectivity index (χ0) is 14.8. The largest absolute Gasteiger partial charge is 0.509 e. The van der Waals surface area contributed by atoms with Crippen molar-refractivity contribution in [3.8, 4) is 5.75 Å². The second-order valence-corrected chi connectivity index (χ2v) is 4.95. The zero-order valence-electron chi connectivity index (χ0n) is 10.7. The van der Waals surface area contributed by atoms with Gasteiger partial charge in [0.15, 0.2) is 0 Å². The molecule has 0 N–H and O–H groups in total. The van der Waals surface area contributed by atoms with E-state index < -0.39 is 12.4 Å². The molecule has 20 heavy (non-hydrogen) atoms. The van der Waals surface area contributed by atoms with E-state index >= 15 is 0 Å². The van der Waals surface area contributed by atoms with E-state index in [9.17, 15) is 12.9 Å². The van der Waals surface area contributed by atoms with Gasteiger partial charge in [0, 0.05) is 5.02 Å². The molecule has 0 saturated heterocycles. The van der Waals surface area contributed by atoms with E-state index in [0.29, 0.717) is 10.8 Å². The summed E-state index contributed by atoms with van der Waals surface area (Å²) in [5, 5.41) is 0.595. The molecule has 0 aliphatic heterocycles. The third-order valence-corrected chi connectivity index (χ3v) is 3.12. The molecule has 0 unspecified atom stereocenters. The highest BCUT2D eigenvalue weighted by Gasteiger charge is 2.27. The van der Waals surface area contributed by atoms with Crippen molar-refractivity contribution in [3.63, 3.8) is 0 Å². The van der Waals surface area contributed by atoms with E-state index in [2.05, 4.69) is 0 Å². The predicted octanol–water partition coefficient (Wildman–Crippen LogP) is 4.28. The summed E-state index contributed by atoms with van der Waals surface area (Å²) < 4.78 is 43.5. The van der Waals surface area contributed by atoms with Crippen molar-refractivity contribution in [1.82, 2.24) is 0 Å². The molecule has 0 radical (unpaired) electrons. The molecule has 6 heteroatoms. The Balaban J connectivity index is 2.10. The highest BCUT2D eigenvalue weighted by Crippen LogP contribution is 2.19. The van der Waals surface area contributed by atoms with Gasteiger partial charge >= 0.3 is 6.98 Å². The average Bonchev–Trinajstić information content (AvgIpc) is 2.35. The summed E-state index contributed by atoms with van der Waals surface area (Å²) in [6.45, 7) is -3.29. The lowest BCUT2D eigenvalue weighted by atomic mass is 9.77. The number of hydrogen-bond acceptors (Lipinski definition) is 1. The number of halogens is 4. The van der Waals surface area contributed by atoms with E-state index in [1.807, 2.05) is 6.07 Å². The maximum atomic E-state index is 12.7. The van der Waals surface area contributed by atoms with Crippen molar-refractivity contribution < 1.29 is 17.7 Å². The van der Waals surface area contributed by atoms with Crippen molar-refractivity contribution in [2.24, 2.45) is 0 Å². The van der Waals surface area contributed by atoms with Crippen LogP contribution in [-0.2, 0) is 6.61 Å². The van der Waals surface area contributed by atoms with Crippen LogP contribution in [0, 0.1) is 6.92 Å². The lowest BCUT2D eigenvalue weighted by molar-refractivity contribution is 0.306. The fraction of sp³-hybridized carbons (Fsp3) is 0.143. The fourth-order valence-electron chi connectivity index (χ4n) is 1.90. The molecule has 0 aliphatic rings. The van der Waals surface area contributed by atoms with Crippen LogP contribution in [0.3, 0.4) is 0 Å². The van der Waals surface area contributed by atoms with Crippen LogP contribution < -0.4 is 10.2 Å². The minimum atomic E-state index is -4.98. The topological polar surface area (TPSA) is 9.23 Å². The molecule has 0 heterocycles. The normalized spacial score (nSPS) is 11.4. The SMILES string of the molecule is Cc1cc(OCc2cccc(Cl)c2)ccc1[B-](F)(F)F. The molecule has 0 saturated carbocycles. The Bertz CT molecular complexity index is 614. The number of rotatable bonds is 4. The molecule has 2 aromatic rings. The molecule has 2 aromatic carbocycles. The molecule has 0 amide bonds. The van der Waals surface area contributed by atoms with Crippen molar-refractivity contribution in [1.29, 1.82) is 0 Å². The smallest absolute Gasteiger partial charge is 0.489 e. The van der Waals surface area contributed by atoms with Crippen LogP contribution in [0.2, 0.25) is 5.02 Å². The van der Waals surface area contributed by atoms with Gasteiger partial charge in [-0.3, -0.25) is 0 Å². The number of hydrogen-bond donors (Lipinski definition) is 0. The van der Waals surface area contributed by atoms with E-state index in [1.54, 1.807) is 18.2 Å². The van der Waals surface area contributed by atoms with E-state index in [1.165, 1.54) is 19.1 Å². The van der Waals surface area contributed by atoms with Crippen molar-refractivity contribution >= 4 is 24.0 Å². The molecule has 0 atom stereocenters. The van der Waals surface area contributed by atoms with Gasteiger partial charge in [-0.25, -0.2) is 0 Å². The van der Waals surface area contributed by atoms with Gasteiger partial charge in [0.25, 0.3) is 0 Å². The molecule has 106 valence electrons. The Morgan fingerprint density at radius 2 is 1.85 bits per heavy atom. The van der Waals surface area contributed by atoms with Gasteiger partial charge in [0.2, 0.25) is 0 Å². The van der Waals surface area contributed by atoms with Gasteiger partial charge in [-0.15, -0.1) is 5.46 Å². The van der Waals surface area contributed by atoms with Gasteiger partial charge in [0.05, 0.1) is 0 Å². The summed E-state index contributed by atoms with van der Waals surface area (Å²) >= 11 is 5.84. The highest BCUT2D eigenvalue weighted by molar-refractivity contribution is 6.74. The van der Waals surface area contributed by atoms with Crippen LogP contribution in [0.1, 0.15) is 11.1 Å². The van der Waals surface area contributed by atoms with Crippen LogP contribution in [0.4, 0.5) is 12.9 Å². The Hall–Kier alpha value is -1.62. The maximum absolute atomic E-state index is 12.7. The Labute approximate surface area is 120 Å². The quantitative estimate of drug-likeness (QED) is 0.766. The van der Waals surface area contributed by atoms with Gasteiger partial charge in [-0.05, 0) is 36.8 Å². The second-order valence-electron chi connectivity index (χ2n) is 4.51. The molecule has 0 bridgehead atoms. The standard InChI is InChI=1S/C14H12BClF3O/c1-10-7-13(5-6-14(10)15(17,18)19)20-9-11-3-2-4-12(16)8-11/h2-8H,9H2,1H3/q-1. The summed E-state index contributed by atoms with van der Waals surface area (Å²) in [6.07, 6.45) is 0. The molecule has 0 fully saturated rings. The van der Waals surface area contributed by atoms with Crippen molar-refractivity contribution in [3.05, 3.63) is 58.6 Å². The average molecular weight is 300 g/mol. The summed E-state index contributed by atoms with van der Waals surface area (Å²) in [4.78, 5) is 0. The van der Waals surface area contributed by atoms with Crippen molar-refractivity contribution in [2.45, 2.75) is 13.5 Å². The Kier molecular flexibility index (Phi) is 4.28. The summed E-state index contributed by atoms with van der Waals surface area (Å²) in [5.74, 6) is 0.409. The van der Waals surface area contributed by atoms with Crippen LogP contribution >= 0.6 is 11.6 Å². The molecule has 2 rings (SSSR count). The molecule has 0 aromatic heterocycles. The number of benzene rings is 2. The van der Waals surface area contributed by atoms with Crippen LogP contribution in [0.15, 0.2) is 42.5 Å². The highest BCUT2D eigenvalue weighted by atomic mass is 35.5. The molecular formula is C14H12BClF3O-. The third-order valence-electron chi connectivity index (χ3n) is 2.89.